The quantitative estimate of drug-likeness (QED) is 0.443. The molecule has 0 atom stereocenters. The third-order valence-electron chi connectivity index (χ3n) is 5.20. The molecule has 130 valence electrons. The van der Waals surface area contributed by atoms with Crippen LogP contribution in [0.2, 0.25) is 0 Å². The summed E-state index contributed by atoms with van der Waals surface area (Å²) in [6.07, 6.45) is 6.85. The second-order valence-corrected chi connectivity index (χ2v) is 6.86. The molecule has 1 aromatic rings. The third kappa shape index (κ3) is 4.41. The third-order valence-corrected chi connectivity index (χ3v) is 5.20. The van der Waals surface area contributed by atoms with Gasteiger partial charge in [0.2, 0.25) is 0 Å². The lowest BCUT2D eigenvalue weighted by Crippen LogP contribution is -2.41. The van der Waals surface area contributed by atoms with Gasteiger partial charge in [0.1, 0.15) is 0 Å². The second kappa shape index (κ2) is 8.70. The molecule has 3 rings (SSSR count). The number of nitrogens with one attached hydrogen (secondary N) is 1. The maximum absolute atomic E-state index is 9.01. The minimum Gasteiger partial charge on any atom is -0.357 e. The van der Waals surface area contributed by atoms with Crippen molar-refractivity contribution in [1.82, 2.24) is 10.2 Å². The van der Waals surface area contributed by atoms with Gasteiger partial charge in [-0.3, -0.25) is 0 Å². The predicted molar refractivity (Wildman–Crippen MR) is 108 cm³/mol. The van der Waals surface area contributed by atoms with Crippen LogP contribution in [0.15, 0.2) is 29.3 Å². The van der Waals surface area contributed by atoms with E-state index in [1.807, 2.05) is 24.3 Å². The van der Waals surface area contributed by atoms with Crippen LogP contribution in [-0.2, 0) is 6.54 Å². The highest BCUT2D eigenvalue weighted by Crippen LogP contribution is 2.45. The first-order chi connectivity index (χ1) is 11.2. The fraction of sp³-hybridized carbons (Fsp3) is 0.579. The van der Waals surface area contributed by atoms with Gasteiger partial charge in [0, 0.05) is 19.6 Å². The summed E-state index contributed by atoms with van der Waals surface area (Å²) in [7, 11) is 0. The molecule has 0 amide bonds. The average molecular weight is 438 g/mol. The van der Waals surface area contributed by atoms with Gasteiger partial charge < -0.3 is 10.2 Å². The number of guanidine groups is 1. The highest BCUT2D eigenvalue weighted by Gasteiger charge is 2.41. The van der Waals surface area contributed by atoms with Crippen molar-refractivity contribution in [3.63, 3.8) is 0 Å². The Hall–Kier alpha value is -1.29. The average Bonchev–Trinajstić information content (AvgIpc) is 3.22. The highest BCUT2D eigenvalue weighted by molar-refractivity contribution is 14.0. The second-order valence-electron chi connectivity index (χ2n) is 6.86. The molecule has 1 heterocycles. The monoisotopic (exact) mass is 438 g/mol. The van der Waals surface area contributed by atoms with Crippen molar-refractivity contribution >= 4 is 29.9 Å². The molecule has 2 fully saturated rings. The van der Waals surface area contributed by atoms with Gasteiger partial charge in [-0.05, 0) is 49.3 Å². The Balaban J connectivity index is 0.00000208. The first-order valence-electron chi connectivity index (χ1n) is 8.77. The van der Waals surface area contributed by atoms with Gasteiger partial charge >= 0.3 is 0 Å². The summed E-state index contributed by atoms with van der Waals surface area (Å²) in [6.45, 7) is 5.90. The van der Waals surface area contributed by atoms with Gasteiger partial charge in [-0.2, -0.15) is 5.26 Å². The van der Waals surface area contributed by atoms with E-state index in [2.05, 4.69) is 23.2 Å². The van der Waals surface area contributed by atoms with E-state index in [-0.39, 0.29) is 24.0 Å². The van der Waals surface area contributed by atoms with E-state index in [1.165, 1.54) is 32.1 Å². The van der Waals surface area contributed by atoms with Gasteiger partial charge in [-0.1, -0.05) is 25.0 Å². The number of rotatable bonds is 3. The zero-order valence-corrected chi connectivity index (χ0v) is 16.8. The largest absolute Gasteiger partial charge is 0.357 e. The van der Waals surface area contributed by atoms with Crippen molar-refractivity contribution in [1.29, 1.82) is 5.26 Å². The molecule has 1 spiro atoms. The predicted octanol–water partition coefficient (Wildman–Crippen LogP) is 3.91. The van der Waals surface area contributed by atoms with Crippen LogP contribution in [0.4, 0.5) is 0 Å². The number of nitriles is 1. The van der Waals surface area contributed by atoms with Crippen molar-refractivity contribution in [2.75, 3.05) is 19.6 Å². The van der Waals surface area contributed by atoms with Gasteiger partial charge in [0.05, 0.1) is 18.2 Å². The lowest BCUT2D eigenvalue weighted by molar-refractivity contribution is 0.309. The van der Waals surface area contributed by atoms with Crippen molar-refractivity contribution in [3.8, 4) is 6.07 Å². The fourth-order valence-electron chi connectivity index (χ4n) is 3.98. The molecule has 2 aliphatic rings. The molecule has 1 saturated heterocycles. The minimum atomic E-state index is 0. The molecule has 1 aromatic carbocycles. The zero-order chi connectivity index (χ0) is 16.1. The molecule has 0 aromatic heterocycles. The van der Waals surface area contributed by atoms with Gasteiger partial charge in [0.15, 0.2) is 5.96 Å². The van der Waals surface area contributed by atoms with Gasteiger partial charge in [-0.25, -0.2) is 4.99 Å². The fourth-order valence-corrected chi connectivity index (χ4v) is 3.98. The van der Waals surface area contributed by atoms with Crippen LogP contribution >= 0.6 is 24.0 Å². The lowest BCUT2D eigenvalue weighted by atomic mass is 9.86. The summed E-state index contributed by atoms with van der Waals surface area (Å²) < 4.78 is 0. The van der Waals surface area contributed by atoms with E-state index >= 15 is 0 Å². The Labute approximate surface area is 162 Å². The summed E-state index contributed by atoms with van der Waals surface area (Å²) >= 11 is 0. The molecule has 1 saturated carbocycles. The first-order valence-corrected chi connectivity index (χ1v) is 8.77. The summed E-state index contributed by atoms with van der Waals surface area (Å²) in [5, 5.41) is 12.4. The van der Waals surface area contributed by atoms with Crippen LogP contribution in [-0.4, -0.2) is 30.5 Å². The lowest BCUT2D eigenvalue weighted by Gasteiger charge is -2.26. The van der Waals surface area contributed by atoms with Crippen molar-refractivity contribution in [2.24, 2.45) is 10.4 Å². The molecule has 4 nitrogen and oxygen atoms in total. The van der Waals surface area contributed by atoms with Crippen molar-refractivity contribution in [2.45, 2.75) is 45.6 Å². The standard InChI is InChI=1S/C19H26N4.HI/c1-2-21-18(22-14-17-7-5-6-16(12-17)13-20)23-11-10-19(15-23)8-3-4-9-19;/h5-7,12H,2-4,8-11,14-15H2,1H3,(H,21,22);1H. The van der Waals surface area contributed by atoms with Crippen LogP contribution in [0.3, 0.4) is 0 Å². The Morgan fingerprint density at radius 3 is 2.83 bits per heavy atom. The number of benzene rings is 1. The van der Waals surface area contributed by atoms with E-state index in [1.54, 1.807) is 0 Å². The molecule has 0 unspecified atom stereocenters. The van der Waals surface area contributed by atoms with E-state index in [9.17, 15) is 0 Å². The van der Waals surface area contributed by atoms with Crippen molar-refractivity contribution < 1.29 is 0 Å². The minimum absolute atomic E-state index is 0. The molecule has 1 N–H and O–H groups in total. The van der Waals surface area contributed by atoms with E-state index < -0.39 is 0 Å². The summed E-state index contributed by atoms with van der Waals surface area (Å²) in [5.74, 6) is 1.03. The molecular formula is C19H27IN4. The SMILES string of the molecule is CCNC(=NCc1cccc(C#N)c1)N1CCC2(CCCC2)C1.I. The number of hydrogen-bond acceptors (Lipinski definition) is 2. The maximum Gasteiger partial charge on any atom is 0.194 e. The summed E-state index contributed by atoms with van der Waals surface area (Å²) in [5.41, 5.74) is 2.35. The van der Waals surface area contributed by atoms with Crippen LogP contribution in [0.25, 0.3) is 0 Å². The maximum atomic E-state index is 9.01. The topological polar surface area (TPSA) is 51.4 Å². The molecule has 1 aliphatic carbocycles. The number of aliphatic imine (C=N–C) groups is 1. The molecule has 0 bridgehead atoms. The number of likely N-dealkylation sites (tertiary alicyclic amines) is 1. The number of halogens is 1. The van der Waals surface area contributed by atoms with Crippen LogP contribution in [0.1, 0.15) is 50.2 Å². The van der Waals surface area contributed by atoms with Crippen molar-refractivity contribution in [3.05, 3.63) is 35.4 Å². The Morgan fingerprint density at radius 1 is 1.33 bits per heavy atom. The number of nitrogens with zero attached hydrogens (tertiary/aromatic N) is 3. The Bertz CT molecular complexity index is 614. The van der Waals surface area contributed by atoms with E-state index in [0.29, 0.717) is 17.5 Å². The molecular weight excluding hydrogens is 411 g/mol. The molecule has 5 heteroatoms. The Kier molecular flexibility index (Phi) is 6.90. The summed E-state index contributed by atoms with van der Waals surface area (Å²) in [4.78, 5) is 7.25. The van der Waals surface area contributed by atoms with E-state index in [0.717, 1.165) is 31.2 Å². The van der Waals surface area contributed by atoms with Gasteiger partial charge in [0.25, 0.3) is 0 Å². The van der Waals surface area contributed by atoms with Crippen LogP contribution in [0.5, 0.6) is 0 Å². The van der Waals surface area contributed by atoms with Crippen LogP contribution < -0.4 is 5.32 Å². The van der Waals surface area contributed by atoms with E-state index in [4.69, 9.17) is 10.3 Å². The molecule has 24 heavy (non-hydrogen) atoms. The number of hydrogen-bond donors (Lipinski definition) is 1. The molecule has 1 aliphatic heterocycles. The van der Waals surface area contributed by atoms with Crippen LogP contribution in [0, 0.1) is 16.7 Å². The summed E-state index contributed by atoms with van der Waals surface area (Å²) in [6, 6.07) is 9.92. The first kappa shape index (κ1) is 19.0. The smallest absolute Gasteiger partial charge is 0.194 e. The zero-order valence-electron chi connectivity index (χ0n) is 14.4. The normalized spacial score (nSPS) is 19.2. The highest BCUT2D eigenvalue weighted by atomic mass is 127. The Morgan fingerprint density at radius 2 is 2.12 bits per heavy atom. The molecule has 0 radical (unpaired) electrons. The van der Waals surface area contributed by atoms with Gasteiger partial charge in [-0.15, -0.1) is 24.0 Å².